The minimum absolute atomic E-state index is 1.14. The summed E-state index contributed by atoms with van der Waals surface area (Å²) < 4.78 is 1.86. The Morgan fingerprint density at radius 3 is 2.88 bits per heavy atom. The van der Waals surface area contributed by atoms with Crippen molar-refractivity contribution in [1.29, 1.82) is 0 Å². The van der Waals surface area contributed by atoms with Gasteiger partial charge in [-0.1, -0.05) is 18.2 Å². The zero-order valence-electron chi connectivity index (χ0n) is 10.3. The Balaban J connectivity index is 2.17. The minimum Gasteiger partial charge on any atom is -0.374 e. The van der Waals surface area contributed by atoms with Gasteiger partial charge in [0.05, 0.1) is 6.20 Å². The quantitative estimate of drug-likeness (QED) is 0.746. The number of aryl methyl sites for hydroxylation is 2. The van der Waals surface area contributed by atoms with Crippen molar-refractivity contribution in [2.45, 2.75) is 12.8 Å². The van der Waals surface area contributed by atoms with E-state index in [1.807, 2.05) is 17.9 Å². The number of fused-ring (bicyclic) bond motifs is 1. The normalized spacial score (nSPS) is 14.8. The van der Waals surface area contributed by atoms with Gasteiger partial charge < -0.3 is 4.90 Å². The second-order valence-corrected chi connectivity index (χ2v) is 4.74. The molecule has 88 valence electrons. The molecule has 17 heavy (non-hydrogen) atoms. The molecule has 0 spiro atoms. The van der Waals surface area contributed by atoms with Gasteiger partial charge in [0.25, 0.3) is 0 Å². The van der Waals surface area contributed by atoms with Crippen LogP contribution in [0.3, 0.4) is 0 Å². The van der Waals surface area contributed by atoms with Gasteiger partial charge in [0.1, 0.15) is 0 Å². The first-order valence-electron chi connectivity index (χ1n) is 6.08. The second kappa shape index (κ2) is 3.91. The number of para-hydroxylation sites is 1. The van der Waals surface area contributed by atoms with Gasteiger partial charge in [0, 0.05) is 43.7 Å². The van der Waals surface area contributed by atoms with Crippen LogP contribution < -0.4 is 4.90 Å². The van der Waals surface area contributed by atoms with Crippen molar-refractivity contribution in [3.63, 3.8) is 0 Å². The van der Waals surface area contributed by atoms with Crippen LogP contribution >= 0.6 is 0 Å². The molecule has 0 atom stereocenters. The summed E-state index contributed by atoms with van der Waals surface area (Å²) in [4.78, 5) is 2.36. The number of hydrogen-bond acceptors (Lipinski definition) is 2. The number of rotatable bonds is 1. The zero-order valence-corrected chi connectivity index (χ0v) is 10.3. The summed E-state index contributed by atoms with van der Waals surface area (Å²) in [5, 5.41) is 4.27. The van der Waals surface area contributed by atoms with E-state index in [2.05, 4.69) is 41.4 Å². The number of benzene rings is 1. The van der Waals surface area contributed by atoms with Crippen LogP contribution in [0, 0.1) is 0 Å². The minimum atomic E-state index is 1.14. The van der Waals surface area contributed by atoms with Crippen molar-refractivity contribution in [3.8, 4) is 11.1 Å². The molecule has 0 radical (unpaired) electrons. The van der Waals surface area contributed by atoms with Crippen LogP contribution in [0.5, 0.6) is 0 Å². The van der Waals surface area contributed by atoms with E-state index in [-0.39, 0.29) is 0 Å². The summed E-state index contributed by atoms with van der Waals surface area (Å²) in [5.41, 5.74) is 5.35. The van der Waals surface area contributed by atoms with E-state index in [0.717, 1.165) is 6.54 Å². The van der Waals surface area contributed by atoms with E-state index >= 15 is 0 Å². The number of hydrogen-bond donors (Lipinski definition) is 0. The summed E-state index contributed by atoms with van der Waals surface area (Å²) in [7, 11) is 4.14. The SMILES string of the molecule is CN1CCCc2cccc(-c3cnn(C)c3)c21. The molecule has 0 saturated carbocycles. The molecule has 0 saturated heterocycles. The first kappa shape index (κ1) is 10.4. The fourth-order valence-electron chi connectivity index (χ4n) is 2.66. The Labute approximate surface area is 102 Å². The average molecular weight is 227 g/mol. The van der Waals surface area contributed by atoms with Crippen molar-refractivity contribution >= 4 is 5.69 Å². The summed E-state index contributed by atoms with van der Waals surface area (Å²) in [6.45, 7) is 1.14. The van der Waals surface area contributed by atoms with Gasteiger partial charge in [-0.3, -0.25) is 4.68 Å². The van der Waals surface area contributed by atoms with Crippen LogP contribution in [0.25, 0.3) is 11.1 Å². The van der Waals surface area contributed by atoms with Gasteiger partial charge in [0.2, 0.25) is 0 Å². The molecule has 0 fully saturated rings. The van der Waals surface area contributed by atoms with Crippen LogP contribution in [0.2, 0.25) is 0 Å². The van der Waals surface area contributed by atoms with Crippen LogP contribution in [0.1, 0.15) is 12.0 Å². The van der Waals surface area contributed by atoms with Crippen molar-refractivity contribution in [2.75, 3.05) is 18.5 Å². The van der Waals surface area contributed by atoms with Gasteiger partial charge in [-0.15, -0.1) is 0 Å². The molecular formula is C14H17N3. The first-order chi connectivity index (χ1) is 8.25. The average Bonchev–Trinajstić information content (AvgIpc) is 2.75. The summed E-state index contributed by atoms with van der Waals surface area (Å²) >= 11 is 0. The Morgan fingerprint density at radius 1 is 1.24 bits per heavy atom. The van der Waals surface area contributed by atoms with Crippen LogP contribution in [-0.4, -0.2) is 23.4 Å². The number of nitrogens with zero attached hydrogens (tertiary/aromatic N) is 3. The van der Waals surface area contributed by atoms with E-state index in [1.165, 1.54) is 35.2 Å². The molecular weight excluding hydrogens is 210 g/mol. The van der Waals surface area contributed by atoms with Crippen LogP contribution in [-0.2, 0) is 13.5 Å². The summed E-state index contributed by atoms with van der Waals surface area (Å²) in [5.74, 6) is 0. The van der Waals surface area contributed by atoms with Crippen molar-refractivity contribution in [2.24, 2.45) is 7.05 Å². The maximum Gasteiger partial charge on any atom is 0.0568 e. The van der Waals surface area contributed by atoms with E-state index in [1.54, 1.807) is 0 Å². The standard InChI is InChI=1S/C14H17N3/c1-16-8-4-6-11-5-3-7-13(14(11)16)12-9-15-17(2)10-12/h3,5,7,9-10H,4,6,8H2,1-2H3. The lowest BCUT2D eigenvalue weighted by Gasteiger charge is -2.29. The van der Waals surface area contributed by atoms with Gasteiger partial charge >= 0.3 is 0 Å². The zero-order chi connectivity index (χ0) is 11.8. The Hall–Kier alpha value is -1.77. The molecule has 2 aromatic rings. The molecule has 3 rings (SSSR count). The van der Waals surface area contributed by atoms with E-state index < -0.39 is 0 Å². The van der Waals surface area contributed by atoms with E-state index in [9.17, 15) is 0 Å². The third-order valence-electron chi connectivity index (χ3n) is 3.46. The van der Waals surface area contributed by atoms with E-state index in [0.29, 0.717) is 0 Å². The maximum absolute atomic E-state index is 4.27. The molecule has 3 nitrogen and oxygen atoms in total. The molecule has 2 heterocycles. The van der Waals surface area contributed by atoms with E-state index in [4.69, 9.17) is 0 Å². The van der Waals surface area contributed by atoms with Gasteiger partial charge in [-0.25, -0.2) is 0 Å². The highest BCUT2D eigenvalue weighted by molar-refractivity contribution is 5.80. The largest absolute Gasteiger partial charge is 0.374 e. The smallest absolute Gasteiger partial charge is 0.0568 e. The highest BCUT2D eigenvalue weighted by atomic mass is 15.2. The fourth-order valence-corrected chi connectivity index (χ4v) is 2.66. The third-order valence-corrected chi connectivity index (χ3v) is 3.46. The molecule has 0 unspecified atom stereocenters. The van der Waals surface area contributed by atoms with Gasteiger partial charge in [-0.05, 0) is 18.4 Å². The third kappa shape index (κ3) is 1.71. The van der Waals surface area contributed by atoms with Crippen molar-refractivity contribution in [1.82, 2.24) is 9.78 Å². The lowest BCUT2D eigenvalue weighted by atomic mass is 9.96. The molecule has 1 aromatic heterocycles. The summed E-state index contributed by atoms with van der Waals surface area (Å²) in [6, 6.07) is 6.59. The molecule has 1 aliphatic rings. The van der Waals surface area contributed by atoms with Crippen LogP contribution in [0.15, 0.2) is 30.6 Å². The van der Waals surface area contributed by atoms with Crippen molar-refractivity contribution in [3.05, 3.63) is 36.2 Å². The van der Waals surface area contributed by atoms with Gasteiger partial charge in [-0.2, -0.15) is 5.10 Å². The first-order valence-corrected chi connectivity index (χ1v) is 6.08. The molecule has 0 aliphatic carbocycles. The predicted molar refractivity (Wildman–Crippen MR) is 70.2 cm³/mol. The Kier molecular flexibility index (Phi) is 2.39. The molecule has 1 aliphatic heterocycles. The second-order valence-electron chi connectivity index (χ2n) is 4.74. The lowest BCUT2D eigenvalue weighted by molar-refractivity contribution is 0.745. The highest BCUT2D eigenvalue weighted by Crippen LogP contribution is 2.36. The Bertz CT molecular complexity index is 542. The highest BCUT2D eigenvalue weighted by Gasteiger charge is 2.18. The summed E-state index contributed by atoms with van der Waals surface area (Å²) in [6.07, 6.45) is 6.46. The molecule has 3 heteroatoms. The fraction of sp³-hybridized carbons (Fsp3) is 0.357. The number of anilines is 1. The topological polar surface area (TPSA) is 21.1 Å². The van der Waals surface area contributed by atoms with Crippen molar-refractivity contribution < 1.29 is 0 Å². The molecule has 0 bridgehead atoms. The lowest BCUT2D eigenvalue weighted by Crippen LogP contribution is -2.25. The molecule has 0 amide bonds. The Morgan fingerprint density at radius 2 is 2.12 bits per heavy atom. The maximum atomic E-state index is 4.27. The predicted octanol–water partition coefficient (Wildman–Crippen LogP) is 2.47. The monoisotopic (exact) mass is 227 g/mol. The molecule has 1 aromatic carbocycles. The van der Waals surface area contributed by atoms with Gasteiger partial charge in [0.15, 0.2) is 0 Å². The molecule has 0 N–H and O–H groups in total. The number of aromatic nitrogens is 2. The van der Waals surface area contributed by atoms with Crippen LogP contribution in [0.4, 0.5) is 5.69 Å².